The molecule has 1 aromatic carbocycles. The maximum atomic E-state index is 12.6. The molecule has 2 amide bonds. The zero-order chi connectivity index (χ0) is 20.1. The minimum Gasteiger partial charge on any atom is -0.388 e. The van der Waals surface area contributed by atoms with Crippen LogP contribution in [0.4, 0.5) is 0 Å². The predicted molar refractivity (Wildman–Crippen MR) is 101 cm³/mol. The van der Waals surface area contributed by atoms with Crippen LogP contribution in [0.25, 0.3) is 0 Å². The summed E-state index contributed by atoms with van der Waals surface area (Å²) in [6.45, 7) is 1.19. The Morgan fingerprint density at radius 2 is 1.93 bits per heavy atom. The standard InChI is InChI=1S/C20H28N2O6/c1-27-12-14-8-5-9-22(14)17(23)10-15-18(24)19(25)16(28-15)11-21-20(26)13-6-3-2-4-7-13/h2-4,6-7,14-16,18-19,24-25H,5,8-12H2,1H3,(H,21,26). The molecular weight excluding hydrogens is 364 g/mol. The summed E-state index contributed by atoms with van der Waals surface area (Å²) in [5.74, 6) is -0.408. The van der Waals surface area contributed by atoms with Crippen molar-refractivity contribution >= 4 is 11.8 Å². The van der Waals surface area contributed by atoms with Gasteiger partial charge in [-0.1, -0.05) is 18.2 Å². The van der Waals surface area contributed by atoms with Gasteiger partial charge in [0, 0.05) is 25.8 Å². The molecule has 0 saturated carbocycles. The topological polar surface area (TPSA) is 108 Å². The van der Waals surface area contributed by atoms with Gasteiger partial charge in [0.05, 0.1) is 25.2 Å². The Bertz CT molecular complexity index is 670. The SMILES string of the molecule is COCC1CCCN1C(=O)CC1OC(CNC(=O)c2ccccc2)C(O)C1O. The Hall–Kier alpha value is -2.00. The third kappa shape index (κ3) is 4.70. The van der Waals surface area contributed by atoms with Gasteiger partial charge in [0.15, 0.2) is 0 Å². The summed E-state index contributed by atoms with van der Waals surface area (Å²) in [5.41, 5.74) is 0.500. The van der Waals surface area contributed by atoms with Crippen LogP contribution in [0.5, 0.6) is 0 Å². The minimum absolute atomic E-state index is 0.0123. The fourth-order valence-corrected chi connectivity index (χ4v) is 3.87. The molecule has 0 aliphatic carbocycles. The van der Waals surface area contributed by atoms with Crippen molar-refractivity contribution in [3.63, 3.8) is 0 Å². The van der Waals surface area contributed by atoms with Gasteiger partial charge in [0.2, 0.25) is 5.91 Å². The summed E-state index contributed by atoms with van der Waals surface area (Å²) < 4.78 is 10.9. The number of rotatable bonds is 7. The Morgan fingerprint density at radius 3 is 2.64 bits per heavy atom. The molecule has 0 spiro atoms. The van der Waals surface area contributed by atoms with Gasteiger partial charge < -0.3 is 29.9 Å². The lowest BCUT2D eigenvalue weighted by Crippen LogP contribution is -2.42. The molecule has 2 saturated heterocycles. The van der Waals surface area contributed by atoms with Gasteiger partial charge >= 0.3 is 0 Å². The lowest BCUT2D eigenvalue weighted by atomic mass is 10.0. The molecule has 0 bridgehead atoms. The van der Waals surface area contributed by atoms with Crippen LogP contribution in [-0.2, 0) is 14.3 Å². The zero-order valence-electron chi connectivity index (χ0n) is 16.0. The number of likely N-dealkylation sites (tertiary alicyclic amines) is 1. The van der Waals surface area contributed by atoms with E-state index in [9.17, 15) is 19.8 Å². The van der Waals surface area contributed by atoms with Gasteiger partial charge in [0.1, 0.15) is 18.3 Å². The molecule has 8 heteroatoms. The third-order valence-corrected chi connectivity index (χ3v) is 5.39. The van der Waals surface area contributed by atoms with Gasteiger partial charge in [-0.05, 0) is 25.0 Å². The van der Waals surface area contributed by atoms with Gasteiger partial charge in [-0.2, -0.15) is 0 Å². The molecule has 28 heavy (non-hydrogen) atoms. The van der Waals surface area contributed by atoms with Crippen molar-refractivity contribution in [2.24, 2.45) is 0 Å². The van der Waals surface area contributed by atoms with Gasteiger partial charge in [-0.3, -0.25) is 9.59 Å². The number of carbonyl (C=O) groups is 2. The molecule has 2 heterocycles. The number of benzene rings is 1. The molecule has 3 rings (SSSR count). The molecule has 3 N–H and O–H groups in total. The summed E-state index contributed by atoms with van der Waals surface area (Å²) in [6, 6.07) is 8.75. The number of aliphatic hydroxyl groups excluding tert-OH is 2. The highest BCUT2D eigenvalue weighted by Crippen LogP contribution is 2.26. The Morgan fingerprint density at radius 1 is 1.21 bits per heavy atom. The average Bonchev–Trinajstić information content (AvgIpc) is 3.27. The maximum Gasteiger partial charge on any atom is 0.251 e. The molecule has 0 radical (unpaired) electrons. The second kappa shape index (κ2) is 9.47. The minimum atomic E-state index is -1.17. The van der Waals surface area contributed by atoms with Crippen molar-refractivity contribution < 1.29 is 29.3 Å². The summed E-state index contributed by atoms with van der Waals surface area (Å²) >= 11 is 0. The first kappa shape index (κ1) is 20.7. The summed E-state index contributed by atoms with van der Waals surface area (Å²) in [6.07, 6.45) is -2.11. The number of nitrogens with one attached hydrogen (secondary N) is 1. The van der Waals surface area contributed by atoms with E-state index in [1.54, 1.807) is 36.3 Å². The van der Waals surface area contributed by atoms with Crippen molar-refractivity contribution in [1.82, 2.24) is 10.2 Å². The number of methoxy groups -OCH3 is 1. The number of nitrogens with zero attached hydrogens (tertiary/aromatic N) is 1. The Balaban J connectivity index is 1.52. The molecule has 2 fully saturated rings. The molecule has 0 aromatic heterocycles. The Labute approximate surface area is 164 Å². The summed E-state index contributed by atoms with van der Waals surface area (Å²) in [5, 5.41) is 23.2. The first-order chi connectivity index (χ1) is 13.5. The van der Waals surface area contributed by atoms with E-state index in [4.69, 9.17) is 9.47 Å². The van der Waals surface area contributed by atoms with E-state index < -0.39 is 24.4 Å². The lowest BCUT2D eigenvalue weighted by molar-refractivity contribution is -0.137. The van der Waals surface area contributed by atoms with Crippen LogP contribution in [0.15, 0.2) is 30.3 Å². The van der Waals surface area contributed by atoms with E-state index >= 15 is 0 Å². The van der Waals surface area contributed by atoms with E-state index in [1.807, 2.05) is 6.07 Å². The first-order valence-electron chi connectivity index (χ1n) is 9.64. The number of hydrogen-bond acceptors (Lipinski definition) is 6. The highest BCUT2D eigenvalue weighted by atomic mass is 16.5. The number of carbonyl (C=O) groups excluding carboxylic acids is 2. The fourth-order valence-electron chi connectivity index (χ4n) is 3.87. The van der Waals surface area contributed by atoms with Crippen LogP contribution >= 0.6 is 0 Å². The first-order valence-corrected chi connectivity index (χ1v) is 9.64. The fraction of sp³-hybridized carbons (Fsp3) is 0.600. The number of amides is 2. The molecular formula is C20H28N2O6. The largest absolute Gasteiger partial charge is 0.388 e. The number of aliphatic hydroxyl groups is 2. The molecule has 154 valence electrons. The summed E-state index contributed by atoms with van der Waals surface area (Å²) in [7, 11) is 1.61. The number of hydrogen-bond donors (Lipinski definition) is 3. The van der Waals surface area contributed by atoms with Crippen molar-refractivity contribution in [3.8, 4) is 0 Å². The van der Waals surface area contributed by atoms with E-state index in [0.29, 0.717) is 18.7 Å². The number of ether oxygens (including phenoxy) is 2. The highest BCUT2D eigenvalue weighted by molar-refractivity contribution is 5.94. The van der Waals surface area contributed by atoms with Gasteiger partial charge in [-0.15, -0.1) is 0 Å². The molecule has 8 nitrogen and oxygen atoms in total. The average molecular weight is 392 g/mol. The second-order valence-electron chi connectivity index (χ2n) is 7.31. The van der Waals surface area contributed by atoms with E-state index in [1.165, 1.54) is 0 Å². The highest BCUT2D eigenvalue weighted by Gasteiger charge is 2.44. The van der Waals surface area contributed by atoms with Crippen LogP contribution in [0.3, 0.4) is 0 Å². The van der Waals surface area contributed by atoms with Crippen LogP contribution in [0, 0.1) is 0 Å². The summed E-state index contributed by atoms with van der Waals surface area (Å²) in [4.78, 5) is 26.5. The Kier molecular flexibility index (Phi) is 7.01. The van der Waals surface area contributed by atoms with Crippen LogP contribution in [-0.4, -0.2) is 84.2 Å². The van der Waals surface area contributed by atoms with Crippen LogP contribution in [0.1, 0.15) is 29.6 Å². The predicted octanol–water partition coefficient (Wildman–Crippen LogP) is -0.0669. The van der Waals surface area contributed by atoms with Crippen molar-refractivity contribution in [2.75, 3.05) is 26.8 Å². The molecule has 5 unspecified atom stereocenters. The van der Waals surface area contributed by atoms with Gasteiger partial charge in [0.25, 0.3) is 5.91 Å². The van der Waals surface area contributed by atoms with E-state index in [-0.39, 0.29) is 30.8 Å². The van der Waals surface area contributed by atoms with Crippen molar-refractivity contribution in [1.29, 1.82) is 0 Å². The maximum absolute atomic E-state index is 12.6. The third-order valence-electron chi connectivity index (χ3n) is 5.39. The smallest absolute Gasteiger partial charge is 0.251 e. The lowest BCUT2D eigenvalue weighted by Gasteiger charge is -2.26. The zero-order valence-corrected chi connectivity index (χ0v) is 16.0. The molecule has 2 aliphatic heterocycles. The molecule has 5 atom stereocenters. The second-order valence-corrected chi connectivity index (χ2v) is 7.31. The molecule has 1 aromatic rings. The van der Waals surface area contributed by atoms with Crippen LogP contribution in [0.2, 0.25) is 0 Å². The van der Waals surface area contributed by atoms with E-state index in [2.05, 4.69) is 5.32 Å². The normalized spacial score (nSPS) is 29.8. The molecule has 2 aliphatic rings. The van der Waals surface area contributed by atoms with Gasteiger partial charge in [-0.25, -0.2) is 0 Å². The van der Waals surface area contributed by atoms with Crippen molar-refractivity contribution in [2.45, 2.75) is 49.7 Å². The van der Waals surface area contributed by atoms with E-state index in [0.717, 1.165) is 12.8 Å². The van der Waals surface area contributed by atoms with Crippen molar-refractivity contribution in [3.05, 3.63) is 35.9 Å². The van der Waals surface area contributed by atoms with Crippen LogP contribution < -0.4 is 5.32 Å². The monoisotopic (exact) mass is 392 g/mol. The quantitative estimate of drug-likeness (QED) is 0.600.